The highest BCUT2D eigenvalue weighted by Gasteiger charge is 2.12. The maximum absolute atomic E-state index is 11.3. The zero-order valence-electron chi connectivity index (χ0n) is 12.3. The molecule has 1 aromatic rings. The standard InChI is InChI=1S/C12H22N4O3S/c1-5-13-10-6-11(16-12(15-10)7-19-3)14-9(2)8-20(4,17)18/h6,9H,5,7-8H2,1-4H3,(H2,13,14,15,16). The first-order valence-corrected chi connectivity index (χ1v) is 8.45. The van der Waals surface area contributed by atoms with Crippen LogP contribution in [0.1, 0.15) is 19.7 Å². The molecule has 0 aromatic carbocycles. The van der Waals surface area contributed by atoms with Crippen LogP contribution < -0.4 is 10.6 Å². The van der Waals surface area contributed by atoms with Gasteiger partial charge in [0.05, 0.1) is 5.75 Å². The normalized spacial score (nSPS) is 13.0. The molecule has 2 N–H and O–H groups in total. The molecule has 0 saturated carbocycles. The number of sulfone groups is 1. The van der Waals surface area contributed by atoms with Crippen LogP contribution in [0.5, 0.6) is 0 Å². The zero-order valence-corrected chi connectivity index (χ0v) is 13.1. The summed E-state index contributed by atoms with van der Waals surface area (Å²) < 4.78 is 27.6. The fraction of sp³-hybridized carbons (Fsp3) is 0.667. The highest BCUT2D eigenvalue weighted by molar-refractivity contribution is 7.90. The van der Waals surface area contributed by atoms with Gasteiger partial charge in [-0.15, -0.1) is 0 Å². The molecule has 0 spiro atoms. The first kappa shape index (κ1) is 16.6. The summed E-state index contributed by atoms with van der Waals surface area (Å²) in [6.45, 7) is 4.81. The van der Waals surface area contributed by atoms with Crippen LogP contribution in [0.15, 0.2) is 6.07 Å². The van der Waals surface area contributed by atoms with Crippen molar-refractivity contribution in [2.24, 2.45) is 0 Å². The number of hydrogen-bond acceptors (Lipinski definition) is 7. The molecule has 0 aliphatic rings. The van der Waals surface area contributed by atoms with Crippen LogP contribution in [0.3, 0.4) is 0 Å². The lowest BCUT2D eigenvalue weighted by atomic mass is 10.3. The molecule has 0 aliphatic heterocycles. The summed E-state index contributed by atoms with van der Waals surface area (Å²) in [6.07, 6.45) is 1.21. The Bertz CT molecular complexity index is 509. The number of hydrogen-bond donors (Lipinski definition) is 2. The number of rotatable bonds is 8. The molecule has 114 valence electrons. The predicted molar refractivity (Wildman–Crippen MR) is 79.7 cm³/mol. The summed E-state index contributed by atoms with van der Waals surface area (Å²) in [7, 11) is -1.46. The SMILES string of the molecule is CCNc1cc(NC(C)CS(C)(=O)=O)nc(COC)n1. The molecule has 8 heteroatoms. The van der Waals surface area contributed by atoms with Gasteiger partial charge < -0.3 is 15.4 Å². The largest absolute Gasteiger partial charge is 0.377 e. The van der Waals surface area contributed by atoms with E-state index in [2.05, 4.69) is 20.6 Å². The summed E-state index contributed by atoms with van der Waals surface area (Å²) in [5.41, 5.74) is 0. The number of anilines is 2. The molecule has 0 fully saturated rings. The molecule has 0 radical (unpaired) electrons. The van der Waals surface area contributed by atoms with Gasteiger partial charge in [0.2, 0.25) is 0 Å². The van der Waals surface area contributed by atoms with Crippen molar-refractivity contribution in [2.75, 3.05) is 36.3 Å². The van der Waals surface area contributed by atoms with E-state index in [-0.39, 0.29) is 11.8 Å². The molecular formula is C12H22N4O3S. The predicted octanol–water partition coefficient (Wildman–Crippen LogP) is 0.900. The van der Waals surface area contributed by atoms with E-state index >= 15 is 0 Å². The topological polar surface area (TPSA) is 93.2 Å². The van der Waals surface area contributed by atoms with E-state index < -0.39 is 9.84 Å². The molecule has 7 nitrogen and oxygen atoms in total. The minimum absolute atomic E-state index is 0.0488. The number of nitrogens with zero attached hydrogens (tertiary/aromatic N) is 2. The molecule has 1 unspecified atom stereocenters. The maximum atomic E-state index is 11.3. The van der Waals surface area contributed by atoms with Crippen molar-refractivity contribution in [3.8, 4) is 0 Å². The first-order chi connectivity index (χ1) is 9.34. The van der Waals surface area contributed by atoms with Crippen LogP contribution in [-0.4, -0.2) is 50.1 Å². The number of aromatic nitrogens is 2. The molecule has 1 aromatic heterocycles. The van der Waals surface area contributed by atoms with E-state index in [4.69, 9.17) is 4.74 Å². The van der Waals surface area contributed by atoms with Gasteiger partial charge in [-0.3, -0.25) is 0 Å². The van der Waals surface area contributed by atoms with Crippen molar-refractivity contribution in [1.29, 1.82) is 0 Å². The van der Waals surface area contributed by atoms with Crippen molar-refractivity contribution in [3.63, 3.8) is 0 Å². The van der Waals surface area contributed by atoms with Gasteiger partial charge in [-0.05, 0) is 13.8 Å². The van der Waals surface area contributed by atoms with Crippen LogP contribution in [0.25, 0.3) is 0 Å². The van der Waals surface area contributed by atoms with Crippen molar-refractivity contribution < 1.29 is 13.2 Å². The van der Waals surface area contributed by atoms with E-state index in [1.807, 2.05) is 6.92 Å². The second-order valence-corrected chi connectivity index (χ2v) is 6.84. The molecule has 1 atom stereocenters. The van der Waals surface area contributed by atoms with Gasteiger partial charge in [0.15, 0.2) is 5.82 Å². The molecule has 0 aliphatic carbocycles. The lowest BCUT2D eigenvalue weighted by molar-refractivity contribution is 0.178. The highest BCUT2D eigenvalue weighted by atomic mass is 32.2. The molecule has 1 heterocycles. The van der Waals surface area contributed by atoms with Crippen LogP contribution in [-0.2, 0) is 21.2 Å². The Morgan fingerprint density at radius 1 is 1.35 bits per heavy atom. The molecule has 1 rings (SSSR count). The third-order valence-corrected chi connectivity index (χ3v) is 3.46. The number of nitrogens with one attached hydrogen (secondary N) is 2. The highest BCUT2D eigenvalue weighted by Crippen LogP contribution is 2.13. The van der Waals surface area contributed by atoms with Crippen molar-refractivity contribution in [1.82, 2.24) is 9.97 Å². The summed E-state index contributed by atoms with van der Waals surface area (Å²) in [6, 6.07) is 1.52. The van der Waals surface area contributed by atoms with Gasteiger partial charge >= 0.3 is 0 Å². The molecule has 0 bridgehead atoms. The van der Waals surface area contributed by atoms with Crippen molar-refractivity contribution in [2.45, 2.75) is 26.5 Å². The summed E-state index contributed by atoms with van der Waals surface area (Å²) in [5, 5.41) is 6.17. The average molecular weight is 302 g/mol. The second kappa shape index (κ2) is 7.39. The van der Waals surface area contributed by atoms with Gasteiger partial charge in [0.25, 0.3) is 0 Å². The van der Waals surface area contributed by atoms with Gasteiger partial charge in [-0.2, -0.15) is 0 Å². The van der Waals surface area contributed by atoms with Gasteiger partial charge in [0.1, 0.15) is 28.1 Å². The van der Waals surface area contributed by atoms with E-state index in [1.54, 1.807) is 20.1 Å². The maximum Gasteiger partial charge on any atom is 0.158 e. The molecular weight excluding hydrogens is 280 g/mol. The smallest absolute Gasteiger partial charge is 0.158 e. The van der Waals surface area contributed by atoms with Crippen LogP contribution in [0.2, 0.25) is 0 Å². The second-order valence-electron chi connectivity index (χ2n) is 4.66. The Hall–Kier alpha value is -1.41. The fourth-order valence-electron chi connectivity index (χ4n) is 1.78. The third kappa shape index (κ3) is 6.16. The summed E-state index contributed by atoms with van der Waals surface area (Å²) in [4.78, 5) is 8.58. The van der Waals surface area contributed by atoms with Gasteiger partial charge in [0, 0.05) is 32.0 Å². The van der Waals surface area contributed by atoms with E-state index in [9.17, 15) is 8.42 Å². The van der Waals surface area contributed by atoms with Gasteiger partial charge in [-0.25, -0.2) is 18.4 Å². The first-order valence-electron chi connectivity index (χ1n) is 6.39. The Kier molecular flexibility index (Phi) is 6.15. The van der Waals surface area contributed by atoms with Gasteiger partial charge in [-0.1, -0.05) is 0 Å². The fourth-order valence-corrected chi connectivity index (χ4v) is 2.78. The molecule has 20 heavy (non-hydrogen) atoms. The van der Waals surface area contributed by atoms with E-state index in [0.717, 1.165) is 6.54 Å². The summed E-state index contributed by atoms with van der Waals surface area (Å²) in [5.74, 6) is 1.86. The number of methoxy groups -OCH3 is 1. The minimum Gasteiger partial charge on any atom is -0.377 e. The lowest BCUT2D eigenvalue weighted by Gasteiger charge is -2.15. The van der Waals surface area contributed by atoms with Crippen LogP contribution >= 0.6 is 0 Å². The third-order valence-electron chi connectivity index (χ3n) is 2.35. The van der Waals surface area contributed by atoms with Crippen molar-refractivity contribution >= 4 is 21.5 Å². The van der Waals surface area contributed by atoms with E-state index in [0.29, 0.717) is 24.1 Å². The lowest BCUT2D eigenvalue weighted by Crippen LogP contribution is -2.25. The average Bonchev–Trinajstić information content (AvgIpc) is 2.26. The molecule has 0 amide bonds. The Morgan fingerprint density at radius 2 is 2.00 bits per heavy atom. The monoisotopic (exact) mass is 302 g/mol. The minimum atomic E-state index is -3.03. The summed E-state index contributed by atoms with van der Waals surface area (Å²) >= 11 is 0. The Morgan fingerprint density at radius 3 is 2.55 bits per heavy atom. The Labute approximate surface area is 120 Å². The quantitative estimate of drug-likeness (QED) is 0.737. The number of ether oxygens (including phenoxy) is 1. The van der Waals surface area contributed by atoms with Crippen LogP contribution in [0.4, 0.5) is 11.6 Å². The zero-order chi connectivity index (χ0) is 15.2. The Balaban J connectivity index is 2.86. The van der Waals surface area contributed by atoms with Crippen molar-refractivity contribution in [3.05, 3.63) is 11.9 Å². The molecule has 0 saturated heterocycles. The van der Waals surface area contributed by atoms with E-state index in [1.165, 1.54) is 6.26 Å². The van der Waals surface area contributed by atoms with Crippen LogP contribution in [0, 0.1) is 0 Å².